The van der Waals surface area contributed by atoms with Crippen LogP contribution in [0, 0.1) is 0 Å². The van der Waals surface area contributed by atoms with Gasteiger partial charge in [0.2, 0.25) is 5.91 Å². The molecule has 3 atom stereocenters. The van der Waals surface area contributed by atoms with Crippen molar-refractivity contribution in [2.75, 3.05) is 13.2 Å². The molecule has 7 heteroatoms. The van der Waals surface area contributed by atoms with Gasteiger partial charge in [0.1, 0.15) is 12.1 Å². The third kappa shape index (κ3) is 4.45. The molecule has 0 saturated carbocycles. The molecule has 1 amide bonds. The van der Waals surface area contributed by atoms with Crippen LogP contribution in [0.1, 0.15) is 12.5 Å². The minimum Gasteiger partial charge on any atom is -0.375 e. The molecule has 0 spiro atoms. The third-order valence-corrected chi connectivity index (χ3v) is 3.59. The molecule has 1 aliphatic heterocycles. The van der Waals surface area contributed by atoms with Gasteiger partial charge in [-0.2, -0.15) is 13.2 Å². The molecule has 2 rings (SSSR count). The van der Waals surface area contributed by atoms with Crippen molar-refractivity contribution in [2.45, 2.75) is 37.7 Å². The van der Waals surface area contributed by atoms with Gasteiger partial charge >= 0.3 is 6.18 Å². The number of ether oxygens (including phenoxy) is 1. The maximum atomic E-state index is 13.2. The normalized spacial score (nSPS) is 23.8. The van der Waals surface area contributed by atoms with E-state index < -0.39 is 30.3 Å². The fourth-order valence-electron chi connectivity index (χ4n) is 2.39. The Morgan fingerprint density at radius 2 is 2.09 bits per heavy atom. The van der Waals surface area contributed by atoms with Gasteiger partial charge in [-0.05, 0) is 12.5 Å². The van der Waals surface area contributed by atoms with Gasteiger partial charge in [-0.1, -0.05) is 30.3 Å². The number of carbonyl (C=O) groups excluding carboxylic acids is 1. The monoisotopic (exact) mass is 316 g/mol. The maximum Gasteiger partial charge on any atom is 0.408 e. The molecule has 1 aromatic carbocycles. The number of hydrogen-bond donors (Lipinski definition) is 2. The Labute approximate surface area is 127 Å². The van der Waals surface area contributed by atoms with Crippen LogP contribution >= 0.6 is 0 Å². The lowest BCUT2D eigenvalue weighted by Crippen LogP contribution is -2.59. The standard InChI is InChI=1S/C15H19F3N2O2/c1-10-13(19-7-8-22-10)14(21)20-12(15(16,17)18)9-11-5-3-2-4-6-11/h2-6,10,12-13,19H,7-9H2,1H3,(H,20,21)/t10-,12?,13+/m1/s1. The van der Waals surface area contributed by atoms with Crippen LogP contribution in [0.5, 0.6) is 0 Å². The molecule has 122 valence electrons. The van der Waals surface area contributed by atoms with Crippen molar-refractivity contribution in [3.8, 4) is 0 Å². The highest BCUT2D eigenvalue weighted by Gasteiger charge is 2.42. The quantitative estimate of drug-likeness (QED) is 0.888. The first kappa shape index (κ1) is 16.8. The summed E-state index contributed by atoms with van der Waals surface area (Å²) in [6.07, 6.45) is -5.26. The molecule has 0 aliphatic carbocycles. The first-order chi connectivity index (χ1) is 10.4. The number of nitrogens with one attached hydrogen (secondary N) is 2. The number of alkyl halides is 3. The van der Waals surface area contributed by atoms with Gasteiger partial charge in [0.05, 0.1) is 12.7 Å². The Bertz CT molecular complexity index is 493. The van der Waals surface area contributed by atoms with Crippen molar-refractivity contribution in [1.29, 1.82) is 0 Å². The SMILES string of the molecule is C[C@H]1OCCN[C@@H]1C(=O)NC(Cc1ccccc1)C(F)(F)F. The molecule has 1 saturated heterocycles. The highest BCUT2D eigenvalue weighted by molar-refractivity contribution is 5.82. The molecule has 0 radical (unpaired) electrons. The summed E-state index contributed by atoms with van der Waals surface area (Å²) in [6, 6.07) is 5.60. The third-order valence-electron chi connectivity index (χ3n) is 3.59. The summed E-state index contributed by atoms with van der Waals surface area (Å²) < 4.78 is 44.8. The predicted octanol–water partition coefficient (Wildman–Crippen LogP) is 1.65. The van der Waals surface area contributed by atoms with Gasteiger partial charge in [0.25, 0.3) is 0 Å². The lowest BCUT2D eigenvalue weighted by Gasteiger charge is -2.31. The second-order valence-corrected chi connectivity index (χ2v) is 5.30. The van der Waals surface area contributed by atoms with Gasteiger partial charge < -0.3 is 15.4 Å². The van der Waals surface area contributed by atoms with Crippen LogP contribution in [-0.4, -0.2) is 43.4 Å². The minimum atomic E-state index is -4.51. The molecule has 4 nitrogen and oxygen atoms in total. The van der Waals surface area contributed by atoms with Gasteiger partial charge in [-0.25, -0.2) is 0 Å². The Morgan fingerprint density at radius 1 is 1.41 bits per heavy atom. The van der Waals surface area contributed by atoms with E-state index in [1.54, 1.807) is 37.3 Å². The van der Waals surface area contributed by atoms with Crippen LogP contribution < -0.4 is 10.6 Å². The van der Waals surface area contributed by atoms with E-state index in [0.717, 1.165) is 0 Å². The van der Waals surface area contributed by atoms with Crippen molar-refractivity contribution in [2.24, 2.45) is 0 Å². The van der Waals surface area contributed by atoms with Crippen molar-refractivity contribution in [3.63, 3.8) is 0 Å². The second kappa shape index (κ2) is 7.11. The first-order valence-electron chi connectivity index (χ1n) is 7.14. The van der Waals surface area contributed by atoms with E-state index in [1.165, 1.54) is 0 Å². The molecule has 1 fully saturated rings. The summed E-state index contributed by atoms with van der Waals surface area (Å²) in [5.41, 5.74) is 0.519. The van der Waals surface area contributed by atoms with Crippen molar-refractivity contribution in [3.05, 3.63) is 35.9 Å². The van der Waals surface area contributed by atoms with Crippen LogP contribution in [0.3, 0.4) is 0 Å². The van der Waals surface area contributed by atoms with Gasteiger partial charge in [0, 0.05) is 13.0 Å². The Balaban J connectivity index is 2.05. The number of rotatable bonds is 4. The fraction of sp³-hybridized carbons (Fsp3) is 0.533. The fourth-order valence-corrected chi connectivity index (χ4v) is 2.39. The summed E-state index contributed by atoms with van der Waals surface area (Å²) >= 11 is 0. The second-order valence-electron chi connectivity index (χ2n) is 5.30. The summed E-state index contributed by atoms with van der Waals surface area (Å²) in [7, 11) is 0. The van der Waals surface area contributed by atoms with E-state index in [4.69, 9.17) is 4.74 Å². The number of morpholine rings is 1. The predicted molar refractivity (Wildman–Crippen MR) is 75.3 cm³/mol. The zero-order valence-electron chi connectivity index (χ0n) is 12.2. The van der Waals surface area contributed by atoms with Crippen LogP contribution in [-0.2, 0) is 16.0 Å². The number of carbonyl (C=O) groups is 1. The molecule has 1 aromatic rings. The Kier molecular flexibility index (Phi) is 5.42. The van der Waals surface area contributed by atoms with E-state index in [-0.39, 0.29) is 6.42 Å². The minimum absolute atomic E-state index is 0.294. The summed E-state index contributed by atoms with van der Waals surface area (Å²) in [5, 5.41) is 4.98. The van der Waals surface area contributed by atoms with E-state index >= 15 is 0 Å². The van der Waals surface area contributed by atoms with Crippen LogP contribution in [0.4, 0.5) is 13.2 Å². The van der Waals surface area contributed by atoms with Gasteiger partial charge in [-0.3, -0.25) is 4.79 Å². The zero-order chi connectivity index (χ0) is 16.2. The molecular formula is C15H19F3N2O2. The number of hydrogen-bond acceptors (Lipinski definition) is 3. The van der Waals surface area contributed by atoms with Crippen molar-refractivity contribution in [1.82, 2.24) is 10.6 Å². The smallest absolute Gasteiger partial charge is 0.375 e. The first-order valence-corrected chi connectivity index (χ1v) is 7.14. The molecule has 1 aliphatic rings. The summed E-state index contributed by atoms with van der Waals surface area (Å²) in [5.74, 6) is -0.689. The van der Waals surface area contributed by atoms with Crippen LogP contribution in [0.15, 0.2) is 30.3 Å². The topological polar surface area (TPSA) is 50.4 Å². The van der Waals surface area contributed by atoms with E-state index in [2.05, 4.69) is 10.6 Å². The van der Waals surface area contributed by atoms with Crippen LogP contribution in [0.25, 0.3) is 0 Å². The molecule has 0 bridgehead atoms. The summed E-state index contributed by atoms with van der Waals surface area (Å²) in [6.45, 7) is 2.55. The average molecular weight is 316 g/mol. The molecule has 1 heterocycles. The Morgan fingerprint density at radius 3 is 2.68 bits per heavy atom. The van der Waals surface area contributed by atoms with E-state index in [0.29, 0.717) is 18.7 Å². The molecular weight excluding hydrogens is 297 g/mol. The van der Waals surface area contributed by atoms with Gasteiger partial charge in [-0.15, -0.1) is 0 Å². The largest absolute Gasteiger partial charge is 0.408 e. The lowest BCUT2D eigenvalue weighted by molar-refractivity contribution is -0.163. The number of amides is 1. The van der Waals surface area contributed by atoms with E-state index in [9.17, 15) is 18.0 Å². The molecule has 0 aromatic heterocycles. The number of benzene rings is 1. The molecule has 1 unspecified atom stereocenters. The molecule has 22 heavy (non-hydrogen) atoms. The van der Waals surface area contributed by atoms with Crippen molar-refractivity contribution >= 4 is 5.91 Å². The number of halogens is 3. The van der Waals surface area contributed by atoms with Gasteiger partial charge in [0.15, 0.2) is 0 Å². The summed E-state index contributed by atoms with van der Waals surface area (Å²) in [4.78, 5) is 12.1. The highest BCUT2D eigenvalue weighted by atomic mass is 19.4. The average Bonchev–Trinajstić information content (AvgIpc) is 2.47. The van der Waals surface area contributed by atoms with Crippen molar-refractivity contribution < 1.29 is 22.7 Å². The highest BCUT2D eigenvalue weighted by Crippen LogP contribution is 2.23. The van der Waals surface area contributed by atoms with E-state index in [1.807, 2.05) is 0 Å². The van der Waals surface area contributed by atoms with Crippen LogP contribution in [0.2, 0.25) is 0 Å². The Hall–Kier alpha value is -1.60. The lowest BCUT2D eigenvalue weighted by atomic mass is 10.0. The zero-order valence-corrected chi connectivity index (χ0v) is 12.2. The molecule has 2 N–H and O–H groups in total. The maximum absolute atomic E-state index is 13.2.